The molecule has 0 atom stereocenters. The molecule has 2 nitrogen and oxygen atoms in total. The Morgan fingerprint density at radius 2 is 1.76 bits per heavy atom. The van der Waals surface area contributed by atoms with Gasteiger partial charge in [-0.2, -0.15) is 0 Å². The molecule has 0 aromatic heterocycles. The standard InChI is InChI=1S/C19H31NO/c1-8-9-13-20(16-12-10-11-15(2)14-16)17(21)19(6,7)18(3,4)5/h10-12,14H,8-9,13H2,1-7H3. The van der Waals surface area contributed by atoms with Crippen LogP contribution in [0.2, 0.25) is 0 Å². The predicted octanol–water partition coefficient (Wildman–Crippen LogP) is 5.20. The molecule has 0 unspecified atom stereocenters. The van der Waals surface area contributed by atoms with Crippen molar-refractivity contribution < 1.29 is 4.79 Å². The molecule has 0 heterocycles. The number of aryl methyl sites for hydroxylation is 1. The van der Waals surface area contributed by atoms with Gasteiger partial charge in [0, 0.05) is 17.6 Å². The number of unbranched alkanes of at least 4 members (excludes halogenated alkanes) is 1. The Morgan fingerprint density at radius 1 is 1.14 bits per heavy atom. The van der Waals surface area contributed by atoms with Crippen LogP contribution in [0.3, 0.4) is 0 Å². The van der Waals surface area contributed by atoms with E-state index >= 15 is 0 Å². The molecule has 0 fully saturated rings. The van der Waals surface area contributed by atoms with Crippen molar-refractivity contribution in [2.45, 2.75) is 61.3 Å². The lowest BCUT2D eigenvalue weighted by atomic mass is 9.68. The lowest BCUT2D eigenvalue weighted by Crippen LogP contribution is -2.48. The van der Waals surface area contributed by atoms with Crippen LogP contribution in [0, 0.1) is 17.8 Å². The van der Waals surface area contributed by atoms with E-state index in [-0.39, 0.29) is 11.3 Å². The van der Waals surface area contributed by atoms with Gasteiger partial charge in [-0.15, -0.1) is 0 Å². The highest BCUT2D eigenvalue weighted by Gasteiger charge is 2.42. The van der Waals surface area contributed by atoms with E-state index in [0.29, 0.717) is 0 Å². The quantitative estimate of drug-likeness (QED) is 0.729. The number of amides is 1. The Kier molecular flexibility index (Phi) is 5.61. The second kappa shape index (κ2) is 6.64. The van der Waals surface area contributed by atoms with Crippen LogP contribution in [0.15, 0.2) is 24.3 Å². The van der Waals surface area contributed by atoms with Crippen molar-refractivity contribution in [3.05, 3.63) is 29.8 Å². The Bertz CT molecular complexity index is 483. The van der Waals surface area contributed by atoms with Gasteiger partial charge in [0.2, 0.25) is 5.91 Å². The minimum atomic E-state index is -0.398. The van der Waals surface area contributed by atoms with Crippen LogP contribution in [0.25, 0.3) is 0 Å². The summed E-state index contributed by atoms with van der Waals surface area (Å²) in [6.07, 6.45) is 2.12. The molecule has 21 heavy (non-hydrogen) atoms. The Labute approximate surface area is 130 Å². The van der Waals surface area contributed by atoms with Crippen LogP contribution < -0.4 is 4.90 Å². The van der Waals surface area contributed by atoms with Gasteiger partial charge >= 0.3 is 0 Å². The normalized spacial score (nSPS) is 12.3. The van der Waals surface area contributed by atoms with E-state index in [1.54, 1.807) is 0 Å². The molecule has 0 N–H and O–H groups in total. The second-order valence-corrected chi connectivity index (χ2v) is 7.52. The third-order valence-corrected chi connectivity index (χ3v) is 4.70. The number of carbonyl (C=O) groups is 1. The predicted molar refractivity (Wildman–Crippen MR) is 91.7 cm³/mol. The fraction of sp³-hybridized carbons (Fsp3) is 0.632. The van der Waals surface area contributed by atoms with Crippen molar-refractivity contribution in [2.75, 3.05) is 11.4 Å². The minimum absolute atomic E-state index is 0.0711. The molecule has 0 saturated carbocycles. The molecule has 0 spiro atoms. The first kappa shape index (κ1) is 17.7. The average molecular weight is 289 g/mol. The zero-order chi connectivity index (χ0) is 16.3. The molecule has 0 radical (unpaired) electrons. The molecule has 118 valence electrons. The summed E-state index contributed by atoms with van der Waals surface area (Å²) < 4.78 is 0. The molecule has 1 aromatic carbocycles. The summed E-state index contributed by atoms with van der Waals surface area (Å²) in [5.74, 6) is 0.217. The van der Waals surface area contributed by atoms with Crippen LogP contribution >= 0.6 is 0 Å². The number of benzene rings is 1. The zero-order valence-corrected chi connectivity index (χ0v) is 14.8. The van der Waals surface area contributed by atoms with Gasteiger partial charge in [0.05, 0.1) is 0 Å². The van der Waals surface area contributed by atoms with Gasteiger partial charge in [-0.05, 0) is 36.5 Å². The van der Waals surface area contributed by atoms with E-state index in [1.807, 2.05) is 17.0 Å². The lowest BCUT2D eigenvalue weighted by Gasteiger charge is -2.41. The molecule has 1 rings (SSSR count). The molecule has 0 aliphatic rings. The molecule has 0 aliphatic heterocycles. The van der Waals surface area contributed by atoms with Gasteiger partial charge in [0.1, 0.15) is 0 Å². The van der Waals surface area contributed by atoms with Crippen molar-refractivity contribution in [1.82, 2.24) is 0 Å². The van der Waals surface area contributed by atoms with Crippen molar-refractivity contribution in [2.24, 2.45) is 10.8 Å². The monoisotopic (exact) mass is 289 g/mol. The van der Waals surface area contributed by atoms with E-state index in [0.717, 1.165) is 25.1 Å². The maximum atomic E-state index is 13.2. The fourth-order valence-corrected chi connectivity index (χ4v) is 2.12. The van der Waals surface area contributed by atoms with E-state index < -0.39 is 5.41 Å². The van der Waals surface area contributed by atoms with Gasteiger partial charge in [-0.3, -0.25) is 4.79 Å². The third kappa shape index (κ3) is 4.09. The molecule has 0 saturated heterocycles. The number of carbonyl (C=O) groups excluding carboxylic acids is 1. The Hall–Kier alpha value is -1.31. The molecule has 0 aliphatic carbocycles. The van der Waals surface area contributed by atoms with E-state index in [2.05, 4.69) is 60.6 Å². The van der Waals surface area contributed by atoms with Crippen molar-refractivity contribution in [1.29, 1.82) is 0 Å². The van der Waals surface area contributed by atoms with E-state index in [9.17, 15) is 4.79 Å². The largest absolute Gasteiger partial charge is 0.312 e. The number of hydrogen-bond acceptors (Lipinski definition) is 1. The summed E-state index contributed by atoms with van der Waals surface area (Å²) >= 11 is 0. The van der Waals surface area contributed by atoms with Crippen LogP contribution in [-0.2, 0) is 4.79 Å². The van der Waals surface area contributed by atoms with E-state index in [4.69, 9.17) is 0 Å². The second-order valence-electron chi connectivity index (χ2n) is 7.52. The first-order valence-electron chi connectivity index (χ1n) is 8.00. The Morgan fingerprint density at radius 3 is 2.24 bits per heavy atom. The van der Waals surface area contributed by atoms with Crippen molar-refractivity contribution in [3.63, 3.8) is 0 Å². The molecule has 1 amide bonds. The van der Waals surface area contributed by atoms with Gasteiger partial charge in [0.15, 0.2) is 0 Å². The molecular weight excluding hydrogens is 258 g/mol. The maximum absolute atomic E-state index is 13.2. The van der Waals surface area contributed by atoms with Crippen LogP contribution in [0.1, 0.15) is 59.9 Å². The topological polar surface area (TPSA) is 20.3 Å². The summed E-state index contributed by atoms with van der Waals surface area (Å²) in [6, 6.07) is 8.24. The summed E-state index contributed by atoms with van der Waals surface area (Å²) in [4.78, 5) is 15.1. The molecule has 1 aromatic rings. The van der Waals surface area contributed by atoms with Crippen molar-refractivity contribution in [3.8, 4) is 0 Å². The van der Waals surface area contributed by atoms with Gasteiger partial charge in [-0.1, -0.05) is 60.1 Å². The summed E-state index contributed by atoms with van der Waals surface area (Å²) in [6.45, 7) is 15.6. The smallest absolute Gasteiger partial charge is 0.233 e. The molecular formula is C19H31NO. The highest BCUT2D eigenvalue weighted by atomic mass is 16.2. The third-order valence-electron chi connectivity index (χ3n) is 4.70. The average Bonchev–Trinajstić information content (AvgIpc) is 2.37. The SMILES string of the molecule is CCCCN(C(=O)C(C)(C)C(C)(C)C)c1cccc(C)c1. The number of hydrogen-bond donors (Lipinski definition) is 0. The van der Waals surface area contributed by atoms with Crippen LogP contribution in [0.5, 0.6) is 0 Å². The number of nitrogens with zero attached hydrogens (tertiary/aromatic N) is 1. The van der Waals surface area contributed by atoms with Crippen LogP contribution in [0.4, 0.5) is 5.69 Å². The van der Waals surface area contributed by atoms with Gasteiger partial charge < -0.3 is 4.90 Å². The van der Waals surface area contributed by atoms with Gasteiger partial charge in [0.25, 0.3) is 0 Å². The summed E-state index contributed by atoms with van der Waals surface area (Å²) in [5.41, 5.74) is 1.74. The van der Waals surface area contributed by atoms with E-state index in [1.165, 1.54) is 5.56 Å². The fourth-order valence-electron chi connectivity index (χ4n) is 2.12. The first-order valence-corrected chi connectivity index (χ1v) is 8.00. The highest BCUT2D eigenvalue weighted by Crippen LogP contribution is 2.40. The molecule has 2 heteroatoms. The minimum Gasteiger partial charge on any atom is -0.312 e. The van der Waals surface area contributed by atoms with Gasteiger partial charge in [-0.25, -0.2) is 0 Å². The van der Waals surface area contributed by atoms with Crippen LogP contribution in [-0.4, -0.2) is 12.5 Å². The maximum Gasteiger partial charge on any atom is 0.233 e. The Balaban J connectivity index is 3.17. The summed E-state index contributed by atoms with van der Waals surface area (Å²) in [5, 5.41) is 0. The summed E-state index contributed by atoms with van der Waals surface area (Å²) in [7, 11) is 0. The number of anilines is 1. The zero-order valence-electron chi connectivity index (χ0n) is 14.8. The lowest BCUT2D eigenvalue weighted by molar-refractivity contribution is -0.131. The number of rotatable bonds is 5. The highest BCUT2D eigenvalue weighted by molar-refractivity contribution is 5.97. The first-order chi connectivity index (χ1) is 9.61. The van der Waals surface area contributed by atoms with Crippen molar-refractivity contribution >= 4 is 11.6 Å². The molecule has 0 bridgehead atoms.